The van der Waals surface area contributed by atoms with Crippen molar-refractivity contribution in [1.82, 2.24) is 4.90 Å². The molecule has 0 amide bonds. The van der Waals surface area contributed by atoms with Crippen LogP contribution in [-0.4, -0.2) is 23.2 Å². The summed E-state index contributed by atoms with van der Waals surface area (Å²) in [6.45, 7) is 11.9. The maximum absolute atomic E-state index is 2.40. The molecule has 1 unspecified atom stereocenters. The average Bonchev–Trinajstić information content (AvgIpc) is 2.85. The number of allylic oxidation sites excluding steroid dienone is 3. The number of aryl methyl sites for hydroxylation is 3. The quantitative estimate of drug-likeness (QED) is 0.701. The lowest BCUT2D eigenvalue weighted by molar-refractivity contribution is 0.531. The Bertz CT molecular complexity index is 755. The van der Waals surface area contributed by atoms with Gasteiger partial charge < -0.3 is 9.80 Å². The van der Waals surface area contributed by atoms with Crippen molar-refractivity contribution in [3.63, 3.8) is 0 Å². The van der Waals surface area contributed by atoms with Gasteiger partial charge in [-0.05, 0) is 68.5 Å². The van der Waals surface area contributed by atoms with E-state index in [-0.39, 0.29) is 10.5 Å². The second kappa shape index (κ2) is 6.04. The summed E-state index contributed by atoms with van der Waals surface area (Å²) < 4.78 is 0. The summed E-state index contributed by atoms with van der Waals surface area (Å²) in [6, 6.07) is 4.54. The maximum Gasteiger partial charge on any atom is 0.0994 e. The Morgan fingerprint density at radius 1 is 0.913 bits per heavy atom. The molecular formula is C20H26N2S. The van der Waals surface area contributed by atoms with Gasteiger partial charge in [-0.25, -0.2) is 0 Å². The van der Waals surface area contributed by atoms with E-state index < -0.39 is 0 Å². The minimum Gasteiger partial charge on any atom is -0.328 e. The molecule has 0 bridgehead atoms. The SMILES string of the molecule is CC1=CC(C)=C(N2C=CN(c3c(C)cc(C)cc3C)C2)S(C)=C1. The van der Waals surface area contributed by atoms with E-state index in [9.17, 15) is 0 Å². The summed E-state index contributed by atoms with van der Waals surface area (Å²) in [5.41, 5.74) is 8.14. The number of hydrogen-bond donors (Lipinski definition) is 0. The summed E-state index contributed by atoms with van der Waals surface area (Å²) in [5, 5.41) is 3.82. The van der Waals surface area contributed by atoms with Gasteiger partial charge in [-0.1, -0.05) is 23.8 Å². The van der Waals surface area contributed by atoms with E-state index >= 15 is 0 Å². The van der Waals surface area contributed by atoms with Crippen LogP contribution in [-0.2, 0) is 0 Å². The fourth-order valence-electron chi connectivity index (χ4n) is 3.76. The Morgan fingerprint density at radius 2 is 1.52 bits per heavy atom. The summed E-state index contributed by atoms with van der Waals surface area (Å²) in [6.07, 6.45) is 9.05. The Morgan fingerprint density at radius 3 is 2.13 bits per heavy atom. The van der Waals surface area contributed by atoms with Crippen LogP contribution >= 0.6 is 10.5 Å². The number of nitrogens with zero attached hydrogens (tertiary/aromatic N) is 2. The third-order valence-electron chi connectivity index (χ3n) is 4.36. The van der Waals surface area contributed by atoms with Gasteiger partial charge in [0.2, 0.25) is 0 Å². The largest absolute Gasteiger partial charge is 0.328 e. The Balaban J connectivity index is 1.91. The van der Waals surface area contributed by atoms with Crippen LogP contribution in [0.15, 0.2) is 46.8 Å². The number of anilines is 1. The first kappa shape index (κ1) is 16.1. The molecular weight excluding hydrogens is 300 g/mol. The molecule has 2 aliphatic heterocycles. The lowest BCUT2D eigenvalue weighted by atomic mass is 10.0. The third-order valence-corrected chi connectivity index (χ3v) is 6.26. The zero-order valence-corrected chi connectivity index (χ0v) is 15.8. The monoisotopic (exact) mass is 326 g/mol. The van der Waals surface area contributed by atoms with E-state index in [2.05, 4.69) is 86.7 Å². The smallest absolute Gasteiger partial charge is 0.0994 e. The van der Waals surface area contributed by atoms with Crippen LogP contribution in [0.3, 0.4) is 0 Å². The second-order valence-electron chi connectivity index (χ2n) is 6.68. The highest BCUT2D eigenvalue weighted by Crippen LogP contribution is 2.36. The van der Waals surface area contributed by atoms with Crippen molar-refractivity contribution in [2.45, 2.75) is 34.6 Å². The number of hydrogen-bond acceptors (Lipinski definition) is 2. The molecule has 0 fully saturated rings. The van der Waals surface area contributed by atoms with E-state index in [0.29, 0.717) is 0 Å². The molecule has 0 aromatic heterocycles. The predicted molar refractivity (Wildman–Crippen MR) is 105 cm³/mol. The zero-order valence-electron chi connectivity index (χ0n) is 15.0. The minimum absolute atomic E-state index is 0.171. The molecule has 3 rings (SSSR count). The molecule has 1 atom stereocenters. The Labute approximate surface area is 142 Å². The lowest BCUT2D eigenvalue weighted by Gasteiger charge is -2.29. The van der Waals surface area contributed by atoms with Crippen LogP contribution in [0.25, 0.3) is 0 Å². The van der Waals surface area contributed by atoms with Crippen LogP contribution in [0.2, 0.25) is 0 Å². The highest BCUT2D eigenvalue weighted by Gasteiger charge is 2.22. The fraction of sp³-hybridized carbons (Fsp3) is 0.350. The van der Waals surface area contributed by atoms with Crippen LogP contribution in [0.4, 0.5) is 5.69 Å². The van der Waals surface area contributed by atoms with Gasteiger partial charge in [-0.15, -0.1) is 10.5 Å². The van der Waals surface area contributed by atoms with Gasteiger partial charge >= 0.3 is 0 Å². The van der Waals surface area contributed by atoms with E-state index in [4.69, 9.17) is 0 Å². The lowest BCUT2D eigenvalue weighted by Crippen LogP contribution is -2.26. The highest BCUT2D eigenvalue weighted by molar-refractivity contribution is 8.18. The molecule has 2 aliphatic rings. The fourth-order valence-corrected chi connectivity index (χ4v) is 5.55. The molecule has 0 spiro atoms. The molecule has 0 saturated heterocycles. The van der Waals surface area contributed by atoms with Crippen LogP contribution in [0.5, 0.6) is 0 Å². The summed E-state index contributed by atoms with van der Waals surface area (Å²) >= 11 is 0. The number of rotatable bonds is 2. The van der Waals surface area contributed by atoms with E-state index in [1.165, 1.54) is 38.6 Å². The van der Waals surface area contributed by atoms with Crippen molar-refractivity contribution in [1.29, 1.82) is 0 Å². The summed E-state index contributed by atoms with van der Waals surface area (Å²) in [4.78, 5) is 4.77. The van der Waals surface area contributed by atoms with Crippen molar-refractivity contribution in [3.05, 3.63) is 63.5 Å². The van der Waals surface area contributed by atoms with Crippen LogP contribution < -0.4 is 4.90 Å². The standard InChI is InChI=1S/C20H26N2S/c1-14-9-16(3)19(17(4)10-14)21-7-8-22(13-21)20-18(5)11-15(2)12-23(20)6/h7-12H,13H2,1-6H3. The van der Waals surface area contributed by atoms with Crippen molar-refractivity contribution >= 4 is 21.5 Å². The van der Waals surface area contributed by atoms with Crippen LogP contribution in [0.1, 0.15) is 30.5 Å². The first-order valence-electron chi connectivity index (χ1n) is 8.05. The predicted octanol–water partition coefficient (Wildman–Crippen LogP) is 5.05. The first-order valence-corrected chi connectivity index (χ1v) is 9.74. The molecule has 2 heterocycles. The first-order chi connectivity index (χ1) is 10.9. The van der Waals surface area contributed by atoms with E-state index in [0.717, 1.165) is 6.67 Å². The minimum atomic E-state index is 0.171. The van der Waals surface area contributed by atoms with Crippen molar-refractivity contribution < 1.29 is 0 Å². The van der Waals surface area contributed by atoms with Crippen LogP contribution in [0, 0.1) is 20.8 Å². The van der Waals surface area contributed by atoms with E-state index in [1.54, 1.807) is 0 Å². The Kier molecular flexibility index (Phi) is 4.24. The van der Waals surface area contributed by atoms with Gasteiger partial charge in [-0.2, -0.15) is 0 Å². The van der Waals surface area contributed by atoms with Crippen molar-refractivity contribution in [2.75, 3.05) is 17.8 Å². The molecule has 0 aliphatic carbocycles. The van der Waals surface area contributed by atoms with Gasteiger partial charge in [0.25, 0.3) is 0 Å². The van der Waals surface area contributed by atoms with E-state index in [1.807, 2.05) is 0 Å². The topological polar surface area (TPSA) is 6.48 Å². The Hall–Kier alpha value is -1.74. The highest BCUT2D eigenvalue weighted by atomic mass is 32.2. The van der Waals surface area contributed by atoms with Gasteiger partial charge in [0.15, 0.2) is 0 Å². The molecule has 1 aromatic rings. The molecule has 0 saturated carbocycles. The average molecular weight is 327 g/mol. The van der Waals surface area contributed by atoms with Gasteiger partial charge in [0.1, 0.15) is 0 Å². The third kappa shape index (κ3) is 3.02. The molecule has 3 heteroatoms. The van der Waals surface area contributed by atoms with Gasteiger partial charge in [0, 0.05) is 18.1 Å². The van der Waals surface area contributed by atoms with Gasteiger partial charge in [0.05, 0.1) is 11.7 Å². The molecule has 0 N–H and O–H groups in total. The summed E-state index contributed by atoms with van der Waals surface area (Å²) in [5.74, 6) is 0. The normalized spacial score (nSPS) is 21.0. The molecule has 2 nitrogen and oxygen atoms in total. The molecule has 1 aromatic carbocycles. The number of benzene rings is 1. The van der Waals surface area contributed by atoms with Crippen molar-refractivity contribution in [2.24, 2.45) is 0 Å². The van der Waals surface area contributed by atoms with Gasteiger partial charge in [-0.3, -0.25) is 0 Å². The van der Waals surface area contributed by atoms with Crippen molar-refractivity contribution in [3.8, 4) is 0 Å². The summed E-state index contributed by atoms with van der Waals surface area (Å²) in [7, 11) is 0.171. The molecule has 122 valence electrons. The zero-order chi connectivity index (χ0) is 16.7. The molecule has 0 radical (unpaired) electrons. The second-order valence-corrected chi connectivity index (χ2v) is 8.42. The maximum atomic E-state index is 2.40. The molecule has 23 heavy (non-hydrogen) atoms.